The quantitative estimate of drug-likeness (QED) is 0.615. The molecule has 0 saturated carbocycles. The molecular weight excluding hydrogens is 154 g/mol. The van der Waals surface area contributed by atoms with Crippen molar-refractivity contribution in [1.29, 1.82) is 0 Å². The predicted octanol–water partition coefficient (Wildman–Crippen LogP) is 1.21. The lowest BCUT2D eigenvalue weighted by atomic mass is 10.3. The maximum absolute atomic E-state index is 6.69. The van der Waals surface area contributed by atoms with Gasteiger partial charge in [-0.25, -0.2) is 16.5 Å². The van der Waals surface area contributed by atoms with Gasteiger partial charge in [0.25, 0.3) is 6.54 Å². The highest BCUT2D eigenvalue weighted by molar-refractivity contribution is 5.25. The molecule has 0 unspecified atom stereocenters. The maximum atomic E-state index is 6.69. The van der Waals surface area contributed by atoms with Gasteiger partial charge in [0.05, 0.1) is 13.3 Å². The Morgan fingerprint density at radius 2 is 2.42 bits per heavy atom. The van der Waals surface area contributed by atoms with Crippen LogP contribution < -0.4 is 4.74 Å². The topological polar surface area (TPSA) is 39.4 Å². The van der Waals surface area contributed by atoms with Crippen molar-refractivity contribution < 1.29 is 4.74 Å². The van der Waals surface area contributed by atoms with Gasteiger partial charge in [0.1, 0.15) is 5.82 Å². The smallest absolute Gasteiger partial charge is 0.260 e. The van der Waals surface area contributed by atoms with Crippen molar-refractivity contribution in [3.8, 4) is 5.75 Å². The summed E-state index contributed by atoms with van der Waals surface area (Å²) in [6, 6.07) is 0. The third-order valence-corrected chi connectivity index (χ3v) is 1.40. The molecule has 1 rings (SSSR count). The van der Waals surface area contributed by atoms with E-state index < -0.39 is 0 Å². The van der Waals surface area contributed by atoms with E-state index in [1.807, 2.05) is 0 Å². The van der Waals surface area contributed by atoms with Gasteiger partial charge in [-0.1, -0.05) is 0 Å². The highest BCUT2D eigenvalue weighted by Gasteiger charge is 2.07. The van der Waals surface area contributed by atoms with Crippen molar-refractivity contribution in [2.45, 2.75) is 13.5 Å². The van der Waals surface area contributed by atoms with Crippen LogP contribution in [0.25, 0.3) is 4.85 Å². The monoisotopic (exact) mass is 163 g/mol. The van der Waals surface area contributed by atoms with Crippen molar-refractivity contribution in [3.63, 3.8) is 0 Å². The summed E-state index contributed by atoms with van der Waals surface area (Å²) >= 11 is 0. The first-order valence-corrected chi connectivity index (χ1v) is 3.47. The number of aryl methyl sites for hydroxylation is 1. The summed E-state index contributed by atoms with van der Waals surface area (Å²) < 4.78 is 4.98. The predicted molar refractivity (Wildman–Crippen MR) is 43.6 cm³/mol. The van der Waals surface area contributed by atoms with E-state index in [2.05, 4.69) is 14.8 Å². The normalized spacial score (nSPS) is 9.08. The minimum Gasteiger partial charge on any atom is -0.493 e. The van der Waals surface area contributed by atoms with Crippen LogP contribution in [0.2, 0.25) is 0 Å². The molecule has 4 heteroatoms. The second-order valence-corrected chi connectivity index (χ2v) is 2.25. The second kappa shape index (κ2) is 3.67. The summed E-state index contributed by atoms with van der Waals surface area (Å²) in [6.45, 7) is 8.72. The Kier molecular flexibility index (Phi) is 2.59. The van der Waals surface area contributed by atoms with E-state index in [0.717, 1.165) is 0 Å². The van der Waals surface area contributed by atoms with Crippen molar-refractivity contribution >= 4 is 0 Å². The molecule has 0 bridgehead atoms. The average Bonchev–Trinajstić information content (AvgIpc) is 2.05. The van der Waals surface area contributed by atoms with Crippen LogP contribution in [0.3, 0.4) is 0 Å². The van der Waals surface area contributed by atoms with Crippen molar-refractivity contribution in [3.05, 3.63) is 29.1 Å². The molecule has 0 radical (unpaired) electrons. The van der Waals surface area contributed by atoms with E-state index in [4.69, 9.17) is 11.3 Å². The van der Waals surface area contributed by atoms with Gasteiger partial charge in [-0.3, -0.25) is 0 Å². The van der Waals surface area contributed by atoms with Gasteiger partial charge < -0.3 is 9.58 Å². The van der Waals surface area contributed by atoms with E-state index in [1.165, 1.54) is 0 Å². The number of rotatable bonds is 2. The van der Waals surface area contributed by atoms with Crippen LogP contribution in [0.4, 0.5) is 0 Å². The molecule has 0 aliphatic rings. The Balaban J connectivity index is 3.05. The molecular formula is C8H9N3O. The molecule has 12 heavy (non-hydrogen) atoms. The summed E-state index contributed by atoms with van der Waals surface area (Å²) in [5.41, 5.74) is 0.653. The van der Waals surface area contributed by atoms with Crippen LogP contribution in [0.15, 0.2) is 6.20 Å². The van der Waals surface area contributed by atoms with Gasteiger partial charge in [0.15, 0.2) is 11.4 Å². The lowest BCUT2D eigenvalue weighted by molar-refractivity contribution is 0.405. The van der Waals surface area contributed by atoms with Crippen LogP contribution in [-0.4, -0.2) is 17.1 Å². The molecule has 0 saturated heterocycles. The van der Waals surface area contributed by atoms with Crippen molar-refractivity contribution in [2.24, 2.45) is 0 Å². The zero-order chi connectivity index (χ0) is 8.97. The van der Waals surface area contributed by atoms with Crippen LogP contribution in [0.5, 0.6) is 5.75 Å². The summed E-state index contributed by atoms with van der Waals surface area (Å²) in [7, 11) is 1.54. The van der Waals surface area contributed by atoms with Gasteiger partial charge >= 0.3 is 0 Å². The molecule has 0 fully saturated rings. The third-order valence-electron chi connectivity index (χ3n) is 1.40. The zero-order valence-electron chi connectivity index (χ0n) is 7.03. The number of hydrogen-bond donors (Lipinski definition) is 0. The molecule has 0 amide bonds. The van der Waals surface area contributed by atoms with Gasteiger partial charge in [0.2, 0.25) is 0 Å². The minimum atomic E-state index is 0.243. The van der Waals surface area contributed by atoms with E-state index in [9.17, 15) is 0 Å². The van der Waals surface area contributed by atoms with E-state index in [0.29, 0.717) is 17.3 Å². The lowest BCUT2D eigenvalue weighted by Gasteiger charge is -2.01. The standard InChI is InChI=1S/C8H9N3O/c1-6-10-5-8(12-3)7(11-6)4-9-2/h5H,4H2,1,3H3. The fourth-order valence-electron chi connectivity index (χ4n) is 0.865. The highest BCUT2D eigenvalue weighted by atomic mass is 16.5. The lowest BCUT2D eigenvalue weighted by Crippen LogP contribution is -1.97. The van der Waals surface area contributed by atoms with Crippen LogP contribution in [-0.2, 0) is 6.54 Å². The molecule has 0 spiro atoms. The minimum absolute atomic E-state index is 0.243. The van der Waals surface area contributed by atoms with Gasteiger partial charge in [0, 0.05) is 0 Å². The summed E-state index contributed by atoms with van der Waals surface area (Å²) in [4.78, 5) is 11.3. The second-order valence-electron chi connectivity index (χ2n) is 2.25. The number of hydrogen-bond acceptors (Lipinski definition) is 3. The molecule has 0 aliphatic heterocycles. The number of methoxy groups -OCH3 is 1. The number of ether oxygens (including phenoxy) is 1. The zero-order valence-corrected chi connectivity index (χ0v) is 7.03. The van der Waals surface area contributed by atoms with Crippen molar-refractivity contribution in [1.82, 2.24) is 9.97 Å². The molecule has 1 heterocycles. The van der Waals surface area contributed by atoms with Crippen LogP contribution >= 0.6 is 0 Å². The summed E-state index contributed by atoms with van der Waals surface area (Å²) in [5, 5.41) is 0. The molecule has 1 aromatic rings. The Morgan fingerprint density at radius 1 is 1.67 bits per heavy atom. The molecule has 0 aliphatic carbocycles. The Hall–Kier alpha value is -1.63. The van der Waals surface area contributed by atoms with E-state index >= 15 is 0 Å². The first-order valence-electron chi connectivity index (χ1n) is 3.47. The summed E-state index contributed by atoms with van der Waals surface area (Å²) in [5.74, 6) is 1.24. The molecule has 0 atom stereocenters. The maximum Gasteiger partial charge on any atom is 0.260 e. The van der Waals surface area contributed by atoms with Crippen molar-refractivity contribution in [2.75, 3.05) is 7.11 Å². The van der Waals surface area contributed by atoms with E-state index in [-0.39, 0.29) is 6.54 Å². The molecule has 0 aromatic carbocycles. The Morgan fingerprint density at radius 3 is 3.00 bits per heavy atom. The van der Waals surface area contributed by atoms with Gasteiger partial charge in [-0.2, -0.15) is 0 Å². The Labute approximate surface area is 71.0 Å². The van der Waals surface area contributed by atoms with E-state index in [1.54, 1.807) is 20.2 Å². The number of nitrogens with zero attached hydrogens (tertiary/aromatic N) is 3. The van der Waals surface area contributed by atoms with Crippen LogP contribution in [0, 0.1) is 13.5 Å². The molecule has 1 aromatic heterocycles. The fraction of sp³-hybridized carbons (Fsp3) is 0.375. The number of aromatic nitrogens is 2. The third kappa shape index (κ3) is 1.70. The summed E-state index contributed by atoms with van der Waals surface area (Å²) in [6.07, 6.45) is 1.59. The first-order chi connectivity index (χ1) is 5.77. The van der Waals surface area contributed by atoms with Gasteiger partial charge in [-0.15, -0.1) is 0 Å². The average molecular weight is 163 g/mol. The first kappa shape index (κ1) is 8.47. The fourth-order valence-corrected chi connectivity index (χ4v) is 0.865. The molecule has 4 nitrogen and oxygen atoms in total. The molecule has 62 valence electrons. The Bertz CT molecular complexity index is 317. The molecule has 0 N–H and O–H groups in total. The largest absolute Gasteiger partial charge is 0.493 e. The van der Waals surface area contributed by atoms with Gasteiger partial charge in [-0.05, 0) is 6.92 Å². The highest BCUT2D eigenvalue weighted by Crippen LogP contribution is 2.14. The SMILES string of the molecule is [C-]#[N+]Cc1nc(C)ncc1OC. The van der Waals surface area contributed by atoms with Crippen LogP contribution in [0.1, 0.15) is 11.5 Å².